The minimum atomic E-state index is -0.246. The van der Waals surface area contributed by atoms with E-state index in [-0.39, 0.29) is 5.91 Å². The van der Waals surface area contributed by atoms with Gasteiger partial charge in [-0.2, -0.15) is 5.10 Å². The average molecular weight is 309 g/mol. The van der Waals surface area contributed by atoms with E-state index in [1.54, 1.807) is 23.3 Å². The predicted molar refractivity (Wildman–Crippen MR) is 84.3 cm³/mol. The summed E-state index contributed by atoms with van der Waals surface area (Å²) in [5.74, 6) is 0.404. The second kappa shape index (κ2) is 5.60. The molecular weight excluding hydrogens is 294 g/mol. The molecule has 0 aliphatic carbocycles. The fraction of sp³-hybridized carbons (Fsp3) is 0.188. The van der Waals surface area contributed by atoms with Gasteiger partial charge in [0.05, 0.1) is 24.8 Å². The number of H-pyrrole nitrogens is 1. The highest BCUT2D eigenvalue weighted by Gasteiger charge is 2.17. The minimum Gasteiger partial charge on any atom is -0.478 e. The summed E-state index contributed by atoms with van der Waals surface area (Å²) in [4.78, 5) is 19.3. The molecule has 1 aliphatic heterocycles. The topological polar surface area (TPSA) is 84.8 Å². The van der Waals surface area contributed by atoms with E-state index in [1.807, 2.05) is 24.3 Å². The van der Waals surface area contributed by atoms with Crippen LogP contribution in [-0.4, -0.2) is 32.3 Å². The first-order valence-corrected chi connectivity index (χ1v) is 7.40. The number of benzene rings is 1. The van der Waals surface area contributed by atoms with E-state index >= 15 is 0 Å². The maximum Gasteiger partial charge on any atom is 0.276 e. The second-order valence-corrected chi connectivity index (χ2v) is 5.29. The first-order valence-electron chi connectivity index (χ1n) is 7.40. The number of rotatable bonds is 3. The summed E-state index contributed by atoms with van der Waals surface area (Å²) in [6.07, 6.45) is 4.29. The van der Waals surface area contributed by atoms with Crippen LogP contribution in [-0.2, 0) is 6.54 Å². The van der Waals surface area contributed by atoms with Crippen molar-refractivity contribution in [3.8, 4) is 17.1 Å². The van der Waals surface area contributed by atoms with E-state index in [1.165, 1.54) is 0 Å². The minimum absolute atomic E-state index is 0.246. The molecule has 7 nitrogen and oxygen atoms in total. The normalized spacial score (nSPS) is 13.2. The number of fused-ring (bicyclic) bond motifs is 1. The molecule has 23 heavy (non-hydrogen) atoms. The Kier molecular flexibility index (Phi) is 3.30. The number of nitrogens with zero attached hydrogens (tertiary/aromatic N) is 3. The maximum atomic E-state index is 12.3. The van der Waals surface area contributed by atoms with Crippen LogP contribution < -0.4 is 10.1 Å². The third-order valence-electron chi connectivity index (χ3n) is 3.69. The van der Waals surface area contributed by atoms with Crippen molar-refractivity contribution in [1.82, 2.24) is 19.7 Å². The molecule has 0 unspecified atom stereocenters. The predicted octanol–water partition coefficient (Wildman–Crippen LogP) is 2.31. The Bertz CT molecular complexity index is 797. The quantitative estimate of drug-likeness (QED) is 0.777. The lowest BCUT2D eigenvalue weighted by Crippen LogP contribution is -2.16. The van der Waals surface area contributed by atoms with Gasteiger partial charge >= 0.3 is 0 Å². The number of ether oxygens (including phenoxy) is 1. The molecule has 1 amide bonds. The van der Waals surface area contributed by atoms with Crippen molar-refractivity contribution in [3.63, 3.8) is 0 Å². The van der Waals surface area contributed by atoms with Gasteiger partial charge in [0.2, 0.25) is 5.88 Å². The van der Waals surface area contributed by atoms with Crippen molar-refractivity contribution < 1.29 is 9.53 Å². The van der Waals surface area contributed by atoms with Crippen LogP contribution in [0.5, 0.6) is 5.88 Å². The molecule has 4 rings (SSSR count). The third-order valence-corrected chi connectivity index (χ3v) is 3.69. The molecule has 0 spiro atoms. The van der Waals surface area contributed by atoms with Crippen LogP contribution in [0.2, 0.25) is 0 Å². The van der Waals surface area contributed by atoms with Gasteiger partial charge in [-0.25, -0.2) is 9.67 Å². The van der Waals surface area contributed by atoms with Crippen molar-refractivity contribution in [2.45, 2.75) is 13.0 Å². The lowest BCUT2D eigenvalue weighted by atomic mass is 10.1. The molecule has 3 aromatic rings. The van der Waals surface area contributed by atoms with Crippen molar-refractivity contribution in [3.05, 3.63) is 48.5 Å². The van der Waals surface area contributed by atoms with Crippen molar-refractivity contribution >= 4 is 11.6 Å². The molecule has 0 saturated heterocycles. The molecule has 1 aromatic carbocycles. The van der Waals surface area contributed by atoms with Crippen LogP contribution in [0.1, 0.15) is 16.9 Å². The Morgan fingerprint density at radius 3 is 2.91 bits per heavy atom. The zero-order chi connectivity index (χ0) is 15.6. The molecule has 0 fully saturated rings. The van der Waals surface area contributed by atoms with Gasteiger partial charge in [-0.3, -0.25) is 4.79 Å². The Morgan fingerprint density at radius 1 is 1.30 bits per heavy atom. The van der Waals surface area contributed by atoms with Gasteiger partial charge < -0.3 is 15.0 Å². The molecule has 0 bridgehead atoms. The molecule has 0 atom stereocenters. The van der Waals surface area contributed by atoms with Crippen LogP contribution in [0.25, 0.3) is 11.3 Å². The molecule has 2 N–H and O–H groups in total. The van der Waals surface area contributed by atoms with E-state index in [0.29, 0.717) is 23.9 Å². The van der Waals surface area contributed by atoms with Gasteiger partial charge in [0.1, 0.15) is 0 Å². The van der Waals surface area contributed by atoms with Crippen molar-refractivity contribution in [1.29, 1.82) is 0 Å². The first-order chi connectivity index (χ1) is 11.3. The number of aromatic amines is 1. The van der Waals surface area contributed by atoms with E-state index in [2.05, 4.69) is 20.4 Å². The summed E-state index contributed by atoms with van der Waals surface area (Å²) in [6, 6.07) is 9.21. The van der Waals surface area contributed by atoms with Crippen LogP contribution >= 0.6 is 0 Å². The van der Waals surface area contributed by atoms with Gasteiger partial charge in [-0.05, 0) is 17.7 Å². The molecule has 2 aromatic heterocycles. The summed E-state index contributed by atoms with van der Waals surface area (Å²) >= 11 is 0. The molecule has 1 aliphatic rings. The Hall–Kier alpha value is -3.09. The number of imidazole rings is 1. The van der Waals surface area contributed by atoms with E-state index in [0.717, 1.165) is 24.2 Å². The standard InChI is InChI=1S/C16H15N5O2/c22-16(13-8-15-21(20-13)6-1-7-23-15)19-12-4-2-11(3-5-12)14-9-17-10-18-14/h2-5,8-10H,1,6-7H2,(H,17,18)(H,19,22). The van der Waals surface area contributed by atoms with Crippen LogP contribution in [0.15, 0.2) is 42.9 Å². The van der Waals surface area contributed by atoms with Crippen molar-refractivity contribution in [2.24, 2.45) is 0 Å². The fourth-order valence-corrected chi connectivity index (χ4v) is 2.52. The number of anilines is 1. The number of hydrogen-bond acceptors (Lipinski definition) is 4. The SMILES string of the molecule is O=C(Nc1ccc(-c2cnc[nH]2)cc1)c1cc2n(n1)CCCO2. The van der Waals surface area contributed by atoms with Gasteiger partial charge in [-0.1, -0.05) is 12.1 Å². The fourth-order valence-electron chi connectivity index (χ4n) is 2.52. The van der Waals surface area contributed by atoms with E-state index in [4.69, 9.17) is 4.74 Å². The van der Waals surface area contributed by atoms with E-state index in [9.17, 15) is 4.79 Å². The van der Waals surface area contributed by atoms with E-state index < -0.39 is 0 Å². The monoisotopic (exact) mass is 309 g/mol. The third kappa shape index (κ3) is 2.68. The maximum absolute atomic E-state index is 12.3. The summed E-state index contributed by atoms with van der Waals surface area (Å²) in [5.41, 5.74) is 3.01. The second-order valence-electron chi connectivity index (χ2n) is 5.29. The summed E-state index contributed by atoms with van der Waals surface area (Å²) in [5, 5.41) is 7.12. The summed E-state index contributed by atoms with van der Waals surface area (Å²) < 4.78 is 7.19. The number of nitrogens with one attached hydrogen (secondary N) is 2. The number of amides is 1. The van der Waals surface area contributed by atoms with Crippen molar-refractivity contribution in [2.75, 3.05) is 11.9 Å². The molecule has 116 valence electrons. The van der Waals surface area contributed by atoms with Crippen LogP contribution in [0, 0.1) is 0 Å². The number of aryl methyl sites for hydroxylation is 1. The molecule has 3 heterocycles. The summed E-state index contributed by atoms with van der Waals surface area (Å²) in [7, 11) is 0. The zero-order valence-corrected chi connectivity index (χ0v) is 12.3. The van der Waals surface area contributed by atoms with Gasteiger partial charge in [-0.15, -0.1) is 0 Å². The number of carbonyl (C=O) groups excluding carboxylic acids is 1. The smallest absolute Gasteiger partial charge is 0.276 e. The van der Waals surface area contributed by atoms with Crippen LogP contribution in [0.3, 0.4) is 0 Å². The Morgan fingerprint density at radius 2 is 2.17 bits per heavy atom. The first kappa shape index (κ1) is 13.6. The number of aromatic nitrogens is 4. The number of carbonyl (C=O) groups is 1. The molecular formula is C16H15N5O2. The molecule has 7 heteroatoms. The highest BCUT2D eigenvalue weighted by atomic mass is 16.5. The Labute approximate surface area is 132 Å². The van der Waals surface area contributed by atoms with Crippen LogP contribution in [0.4, 0.5) is 5.69 Å². The highest BCUT2D eigenvalue weighted by Crippen LogP contribution is 2.21. The lowest BCUT2D eigenvalue weighted by Gasteiger charge is -2.13. The molecule has 0 saturated carbocycles. The molecule has 0 radical (unpaired) electrons. The van der Waals surface area contributed by atoms with Gasteiger partial charge in [0, 0.05) is 24.7 Å². The lowest BCUT2D eigenvalue weighted by molar-refractivity contribution is 0.102. The number of hydrogen-bond donors (Lipinski definition) is 2. The average Bonchev–Trinajstić information content (AvgIpc) is 3.25. The van der Waals surface area contributed by atoms with Gasteiger partial charge in [0.15, 0.2) is 5.69 Å². The zero-order valence-electron chi connectivity index (χ0n) is 12.3. The van der Waals surface area contributed by atoms with Gasteiger partial charge in [0.25, 0.3) is 5.91 Å². The highest BCUT2D eigenvalue weighted by molar-refractivity contribution is 6.03. The Balaban J connectivity index is 1.49. The largest absolute Gasteiger partial charge is 0.478 e. The summed E-state index contributed by atoms with van der Waals surface area (Å²) in [6.45, 7) is 1.45.